The lowest BCUT2D eigenvalue weighted by atomic mass is 10.0. The molecule has 0 aliphatic heterocycles. The molecule has 0 heterocycles. The first kappa shape index (κ1) is 13.7. The zero-order valence-corrected chi connectivity index (χ0v) is 10.0. The van der Waals surface area contributed by atoms with E-state index in [2.05, 4.69) is 4.74 Å². The Morgan fingerprint density at radius 1 is 1.33 bits per heavy atom. The number of hydrogen-bond acceptors (Lipinski definition) is 4. The molecule has 0 saturated heterocycles. The van der Waals surface area contributed by atoms with E-state index in [9.17, 15) is 9.59 Å². The van der Waals surface area contributed by atoms with Crippen LogP contribution in [0, 0.1) is 5.92 Å². The van der Waals surface area contributed by atoms with Gasteiger partial charge in [-0.25, -0.2) is 4.79 Å². The fraction of sp³-hybridized carbons (Fsp3) is 0.636. The molecule has 0 rings (SSSR count). The van der Waals surface area contributed by atoms with Gasteiger partial charge in [-0.2, -0.15) is 0 Å². The highest BCUT2D eigenvalue weighted by Gasteiger charge is 2.19. The van der Waals surface area contributed by atoms with Crippen molar-refractivity contribution in [2.24, 2.45) is 5.92 Å². The van der Waals surface area contributed by atoms with Crippen molar-refractivity contribution in [3.63, 3.8) is 0 Å². The number of ketones is 1. The number of methoxy groups -OCH3 is 1. The highest BCUT2D eigenvalue weighted by molar-refractivity contribution is 6.17. The smallest absolute Gasteiger partial charge is 0.342 e. The Balaban J connectivity index is 4.79. The first-order valence-electron chi connectivity index (χ1n) is 4.88. The minimum absolute atomic E-state index is 0.108. The molecule has 0 aromatic rings. The molecule has 0 radical (unpaired) electrons. The van der Waals surface area contributed by atoms with Crippen molar-refractivity contribution in [1.82, 2.24) is 4.90 Å². The number of esters is 1. The highest BCUT2D eigenvalue weighted by Crippen LogP contribution is 2.09. The molecule has 0 unspecified atom stereocenters. The second-order valence-corrected chi connectivity index (χ2v) is 4.02. The van der Waals surface area contributed by atoms with Gasteiger partial charge in [-0.15, -0.1) is 0 Å². The lowest BCUT2D eigenvalue weighted by molar-refractivity contribution is -0.138. The molecule has 0 aliphatic rings. The first-order valence-corrected chi connectivity index (χ1v) is 4.88. The van der Waals surface area contributed by atoms with Gasteiger partial charge in [0.25, 0.3) is 0 Å². The molecule has 0 saturated carbocycles. The van der Waals surface area contributed by atoms with Crippen LogP contribution in [0.1, 0.15) is 20.3 Å². The summed E-state index contributed by atoms with van der Waals surface area (Å²) < 4.78 is 4.56. The van der Waals surface area contributed by atoms with Crippen molar-refractivity contribution in [3.8, 4) is 0 Å². The Morgan fingerprint density at radius 3 is 2.20 bits per heavy atom. The molecule has 4 heteroatoms. The fourth-order valence-electron chi connectivity index (χ4n) is 1.09. The second kappa shape index (κ2) is 6.22. The van der Waals surface area contributed by atoms with Crippen LogP contribution in [0.3, 0.4) is 0 Å². The minimum Gasteiger partial charge on any atom is -0.465 e. The fourth-order valence-corrected chi connectivity index (χ4v) is 1.09. The summed E-state index contributed by atoms with van der Waals surface area (Å²) in [5.74, 6) is -0.521. The van der Waals surface area contributed by atoms with Crippen molar-refractivity contribution in [2.75, 3.05) is 21.2 Å². The third-order valence-corrected chi connectivity index (χ3v) is 1.69. The molecule has 86 valence electrons. The van der Waals surface area contributed by atoms with Crippen LogP contribution in [0.15, 0.2) is 11.8 Å². The summed E-state index contributed by atoms with van der Waals surface area (Å²) in [6, 6.07) is 0. The Bertz CT molecular complexity index is 267. The normalized spacial score (nSPS) is 11.5. The number of Topliss-reactive ketones (excluding diaryl/α,β-unsaturated/α-hetero) is 1. The van der Waals surface area contributed by atoms with Crippen LogP contribution in [0.25, 0.3) is 0 Å². The zero-order chi connectivity index (χ0) is 12.0. The van der Waals surface area contributed by atoms with Gasteiger partial charge in [0.05, 0.1) is 7.11 Å². The van der Waals surface area contributed by atoms with E-state index in [1.54, 1.807) is 19.0 Å². The maximum Gasteiger partial charge on any atom is 0.342 e. The van der Waals surface area contributed by atoms with Crippen LogP contribution in [-0.4, -0.2) is 37.9 Å². The van der Waals surface area contributed by atoms with Gasteiger partial charge < -0.3 is 9.64 Å². The number of ether oxygens (including phenoxy) is 1. The number of nitrogens with zero attached hydrogens (tertiary/aromatic N) is 1. The predicted octanol–water partition coefficient (Wildman–Crippen LogP) is 1.22. The summed E-state index contributed by atoms with van der Waals surface area (Å²) >= 11 is 0. The third-order valence-electron chi connectivity index (χ3n) is 1.69. The average molecular weight is 213 g/mol. The van der Waals surface area contributed by atoms with Crippen LogP contribution in [-0.2, 0) is 14.3 Å². The molecule has 0 fully saturated rings. The van der Waals surface area contributed by atoms with Crippen molar-refractivity contribution in [1.29, 1.82) is 0 Å². The number of carbonyl (C=O) groups excluding carboxylic acids is 2. The topological polar surface area (TPSA) is 46.6 Å². The number of rotatable bonds is 5. The Hall–Kier alpha value is -1.32. The van der Waals surface area contributed by atoms with E-state index >= 15 is 0 Å². The molecule has 0 aliphatic carbocycles. The summed E-state index contributed by atoms with van der Waals surface area (Å²) in [6.45, 7) is 3.87. The van der Waals surface area contributed by atoms with Crippen molar-refractivity contribution >= 4 is 11.8 Å². The van der Waals surface area contributed by atoms with Crippen molar-refractivity contribution < 1.29 is 14.3 Å². The zero-order valence-electron chi connectivity index (χ0n) is 10.0. The van der Waals surface area contributed by atoms with Crippen LogP contribution < -0.4 is 0 Å². The Kier molecular flexibility index (Phi) is 5.67. The molecule has 4 nitrogen and oxygen atoms in total. The molecular formula is C11H19NO3. The van der Waals surface area contributed by atoms with Gasteiger partial charge in [0.1, 0.15) is 5.57 Å². The minimum atomic E-state index is -0.575. The van der Waals surface area contributed by atoms with Crippen molar-refractivity contribution in [2.45, 2.75) is 20.3 Å². The third kappa shape index (κ3) is 5.20. The Morgan fingerprint density at radius 2 is 1.87 bits per heavy atom. The highest BCUT2D eigenvalue weighted by atomic mass is 16.5. The molecule has 0 aromatic carbocycles. The summed E-state index contributed by atoms with van der Waals surface area (Å²) in [7, 11) is 4.78. The molecule has 15 heavy (non-hydrogen) atoms. The quantitative estimate of drug-likeness (QED) is 0.298. The molecule has 0 spiro atoms. The second-order valence-electron chi connectivity index (χ2n) is 4.02. The lowest BCUT2D eigenvalue weighted by Crippen LogP contribution is -2.19. The molecule has 0 N–H and O–H groups in total. The average Bonchev–Trinajstić information content (AvgIpc) is 2.11. The molecule has 0 bridgehead atoms. The molecule has 0 atom stereocenters. The predicted molar refractivity (Wildman–Crippen MR) is 58.2 cm³/mol. The number of hydrogen-bond donors (Lipinski definition) is 0. The number of carbonyl (C=O) groups is 2. The van der Waals surface area contributed by atoms with Gasteiger partial charge in [-0.05, 0) is 5.92 Å². The maximum absolute atomic E-state index is 11.7. The molecule has 0 amide bonds. The summed E-state index contributed by atoms with van der Waals surface area (Å²) in [5, 5.41) is 0. The summed E-state index contributed by atoms with van der Waals surface area (Å²) in [6.07, 6.45) is 1.85. The largest absolute Gasteiger partial charge is 0.465 e. The maximum atomic E-state index is 11.7. The van der Waals surface area contributed by atoms with E-state index in [-0.39, 0.29) is 17.3 Å². The van der Waals surface area contributed by atoms with Crippen LogP contribution in [0.2, 0.25) is 0 Å². The Labute approximate surface area is 90.9 Å². The van der Waals surface area contributed by atoms with Gasteiger partial charge in [0.2, 0.25) is 0 Å². The molecular weight excluding hydrogens is 194 g/mol. The van der Waals surface area contributed by atoms with E-state index in [4.69, 9.17) is 0 Å². The van der Waals surface area contributed by atoms with Crippen LogP contribution in [0.5, 0.6) is 0 Å². The van der Waals surface area contributed by atoms with Crippen molar-refractivity contribution in [3.05, 3.63) is 11.8 Å². The lowest BCUT2D eigenvalue weighted by Gasteiger charge is -2.10. The monoisotopic (exact) mass is 213 g/mol. The van der Waals surface area contributed by atoms with Crippen LogP contribution >= 0.6 is 0 Å². The SMILES string of the molecule is COC(=O)C(=CN(C)C)C(=O)CC(C)C. The van der Waals surface area contributed by atoms with E-state index in [0.29, 0.717) is 6.42 Å². The van der Waals surface area contributed by atoms with Gasteiger partial charge in [-0.1, -0.05) is 13.8 Å². The standard InChI is InChI=1S/C11H19NO3/c1-8(2)6-10(13)9(7-12(3)4)11(14)15-5/h7-8H,6H2,1-5H3. The van der Waals surface area contributed by atoms with Gasteiger partial charge in [0.15, 0.2) is 5.78 Å². The molecule has 0 aromatic heterocycles. The van der Waals surface area contributed by atoms with Gasteiger partial charge in [-0.3, -0.25) is 4.79 Å². The first-order chi connectivity index (χ1) is 6.88. The van der Waals surface area contributed by atoms with E-state index in [1.807, 2.05) is 13.8 Å². The van der Waals surface area contributed by atoms with Gasteiger partial charge >= 0.3 is 5.97 Å². The van der Waals surface area contributed by atoms with E-state index in [0.717, 1.165) is 0 Å². The van der Waals surface area contributed by atoms with Gasteiger partial charge in [0, 0.05) is 26.7 Å². The summed E-state index contributed by atoms with van der Waals surface area (Å²) in [4.78, 5) is 24.7. The van der Waals surface area contributed by atoms with E-state index in [1.165, 1.54) is 13.3 Å². The van der Waals surface area contributed by atoms with E-state index < -0.39 is 5.97 Å². The van der Waals surface area contributed by atoms with Crippen LogP contribution in [0.4, 0.5) is 0 Å². The summed E-state index contributed by atoms with van der Waals surface area (Å²) in [5.41, 5.74) is 0.108.